The predicted octanol–water partition coefficient (Wildman–Crippen LogP) is 3.52. The van der Waals surface area contributed by atoms with Gasteiger partial charge in [-0.05, 0) is 40.6 Å². The van der Waals surface area contributed by atoms with Crippen LogP contribution in [-0.4, -0.2) is 12.2 Å². The fraction of sp³-hybridized carbons (Fsp3) is 0.125. The van der Waals surface area contributed by atoms with Gasteiger partial charge in [-0.1, -0.05) is 18.2 Å². The summed E-state index contributed by atoms with van der Waals surface area (Å²) in [7, 11) is 1.65. The second kappa shape index (κ2) is 4.78. The third-order valence-corrected chi connectivity index (χ3v) is 3.25. The van der Waals surface area contributed by atoms with E-state index in [0.29, 0.717) is 0 Å². The Morgan fingerprint density at radius 2 is 1.79 bits per heavy atom. The van der Waals surface area contributed by atoms with Crippen molar-refractivity contribution in [2.75, 3.05) is 7.11 Å². The molecule has 0 unspecified atom stereocenters. The van der Waals surface area contributed by atoms with Gasteiger partial charge in [-0.2, -0.15) is 0 Å². The van der Waals surface area contributed by atoms with Crippen LogP contribution in [0.3, 0.4) is 0 Å². The standard InChI is InChI=1S/C16H14O3/c1-18-15-5-4-11-8-13(3-2-12(11)9-15)16(17)14-6-7-19-10-14/h2-10,16-17H,1H3/t16-/m1/s1. The van der Waals surface area contributed by atoms with Gasteiger partial charge in [0.1, 0.15) is 11.9 Å². The zero-order chi connectivity index (χ0) is 13.2. The predicted molar refractivity (Wildman–Crippen MR) is 73.3 cm³/mol. The first-order valence-electron chi connectivity index (χ1n) is 6.06. The molecule has 19 heavy (non-hydrogen) atoms. The van der Waals surface area contributed by atoms with E-state index >= 15 is 0 Å². The third kappa shape index (κ3) is 2.20. The van der Waals surface area contributed by atoms with Crippen LogP contribution in [0.4, 0.5) is 0 Å². The summed E-state index contributed by atoms with van der Waals surface area (Å²) < 4.78 is 10.2. The van der Waals surface area contributed by atoms with E-state index in [4.69, 9.17) is 9.15 Å². The lowest BCUT2D eigenvalue weighted by Gasteiger charge is -2.10. The Balaban J connectivity index is 2.02. The molecule has 0 amide bonds. The zero-order valence-corrected chi connectivity index (χ0v) is 10.5. The van der Waals surface area contributed by atoms with Crippen molar-refractivity contribution >= 4 is 10.8 Å². The van der Waals surface area contributed by atoms with E-state index in [0.717, 1.165) is 27.6 Å². The minimum Gasteiger partial charge on any atom is -0.497 e. The van der Waals surface area contributed by atoms with Gasteiger partial charge in [0.2, 0.25) is 0 Å². The van der Waals surface area contributed by atoms with Gasteiger partial charge in [0.15, 0.2) is 0 Å². The number of hydrogen-bond acceptors (Lipinski definition) is 3. The summed E-state index contributed by atoms with van der Waals surface area (Å²) in [6, 6.07) is 13.5. The molecular weight excluding hydrogens is 240 g/mol. The normalized spacial score (nSPS) is 12.5. The molecule has 0 aliphatic rings. The van der Waals surface area contributed by atoms with E-state index in [1.165, 1.54) is 0 Å². The number of fused-ring (bicyclic) bond motifs is 1. The van der Waals surface area contributed by atoms with Crippen LogP contribution >= 0.6 is 0 Å². The minimum absolute atomic E-state index is 0.662. The molecule has 1 aromatic heterocycles. The van der Waals surface area contributed by atoms with Crippen LogP contribution in [0.15, 0.2) is 59.4 Å². The second-order valence-electron chi connectivity index (χ2n) is 4.43. The van der Waals surface area contributed by atoms with Crippen molar-refractivity contribution in [2.45, 2.75) is 6.10 Å². The Kier molecular flexibility index (Phi) is 2.97. The topological polar surface area (TPSA) is 42.6 Å². The van der Waals surface area contributed by atoms with E-state index in [1.54, 1.807) is 25.7 Å². The highest BCUT2D eigenvalue weighted by Gasteiger charge is 2.12. The van der Waals surface area contributed by atoms with Gasteiger partial charge < -0.3 is 14.3 Å². The molecule has 1 N–H and O–H groups in total. The minimum atomic E-state index is -0.662. The summed E-state index contributed by atoms with van der Waals surface area (Å²) in [6.07, 6.45) is 2.46. The molecule has 0 aliphatic carbocycles. The zero-order valence-electron chi connectivity index (χ0n) is 10.5. The Morgan fingerprint density at radius 1 is 1.00 bits per heavy atom. The largest absolute Gasteiger partial charge is 0.497 e. The van der Waals surface area contributed by atoms with Crippen molar-refractivity contribution in [3.8, 4) is 5.75 Å². The first kappa shape index (κ1) is 11.8. The first-order chi connectivity index (χ1) is 9.28. The number of benzene rings is 2. The van der Waals surface area contributed by atoms with Crippen LogP contribution in [0.25, 0.3) is 10.8 Å². The second-order valence-corrected chi connectivity index (χ2v) is 4.43. The summed E-state index contributed by atoms with van der Waals surface area (Å²) in [4.78, 5) is 0. The van der Waals surface area contributed by atoms with Crippen molar-refractivity contribution < 1.29 is 14.3 Å². The number of ether oxygens (including phenoxy) is 1. The van der Waals surface area contributed by atoms with Crippen LogP contribution in [0.2, 0.25) is 0 Å². The van der Waals surface area contributed by atoms with Gasteiger partial charge in [0.25, 0.3) is 0 Å². The maximum Gasteiger partial charge on any atom is 0.119 e. The van der Waals surface area contributed by atoms with Crippen molar-refractivity contribution in [3.05, 3.63) is 66.1 Å². The van der Waals surface area contributed by atoms with Crippen molar-refractivity contribution in [1.82, 2.24) is 0 Å². The molecule has 1 heterocycles. The lowest BCUT2D eigenvalue weighted by Crippen LogP contribution is -1.97. The highest BCUT2D eigenvalue weighted by atomic mass is 16.5. The third-order valence-electron chi connectivity index (χ3n) is 3.25. The molecule has 96 valence electrons. The molecule has 0 fully saturated rings. The van der Waals surface area contributed by atoms with Gasteiger partial charge in [-0.3, -0.25) is 0 Å². The van der Waals surface area contributed by atoms with Crippen LogP contribution in [0.1, 0.15) is 17.2 Å². The summed E-state index contributed by atoms with van der Waals surface area (Å²) in [5.74, 6) is 0.829. The SMILES string of the molecule is COc1ccc2cc([C@@H](O)c3ccoc3)ccc2c1. The van der Waals surface area contributed by atoms with Gasteiger partial charge in [0.05, 0.1) is 19.6 Å². The van der Waals surface area contributed by atoms with E-state index in [2.05, 4.69) is 0 Å². The molecule has 3 heteroatoms. The summed E-state index contributed by atoms with van der Waals surface area (Å²) >= 11 is 0. The van der Waals surface area contributed by atoms with Gasteiger partial charge in [0, 0.05) is 5.56 Å². The summed E-state index contributed by atoms with van der Waals surface area (Å²) in [6.45, 7) is 0. The molecule has 3 nitrogen and oxygen atoms in total. The monoisotopic (exact) mass is 254 g/mol. The fourth-order valence-electron chi connectivity index (χ4n) is 2.16. The van der Waals surface area contributed by atoms with Crippen molar-refractivity contribution in [3.63, 3.8) is 0 Å². The Bertz CT molecular complexity index is 686. The molecule has 1 atom stereocenters. The number of aliphatic hydroxyl groups excluding tert-OH is 1. The Labute approximate surface area is 111 Å². The maximum absolute atomic E-state index is 10.3. The highest BCUT2D eigenvalue weighted by molar-refractivity contribution is 5.84. The number of methoxy groups -OCH3 is 1. The average Bonchev–Trinajstić information content (AvgIpc) is 2.99. The maximum atomic E-state index is 10.3. The van der Waals surface area contributed by atoms with Crippen molar-refractivity contribution in [1.29, 1.82) is 0 Å². The van der Waals surface area contributed by atoms with Crippen LogP contribution in [0.5, 0.6) is 5.75 Å². The molecule has 0 bridgehead atoms. The van der Waals surface area contributed by atoms with E-state index in [9.17, 15) is 5.11 Å². The average molecular weight is 254 g/mol. The van der Waals surface area contributed by atoms with Gasteiger partial charge >= 0.3 is 0 Å². The molecular formula is C16H14O3. The quantitative estimate of drug-likeness (QED) is 0.777. The smallest absolute Gasteiger partial charge is 0.119 e. The van der Waals surface area contributed by atoms with Crippen LogP contribution in [-0.2, 0) is 0 Å². The summed E-state index contributed by atoms with van der Waals surface area (Å²) in [5.41, 5.74) is 1.60. The molecule has 0 saturated carbocycles. The molecule has 0 aliphatic heterocycles. The lowest BCUT2D eigenvalue weighted by atomic mass is 10.0. The fourth-order valence-corrected chi connectivity index (χ4v) is 2.16. The van der Waals surface area contributed by atoms with E-state index in [-0.39, 0.29) is 0 Å². The molecule has 2 aromatic carbocycles. The Hall–Kier alpha value is -2.26. The Morgan fingerprint density at radius 3 is 2.53 bits per heavy atom. The number of hydrogen-bond donors (Lipinski definition) is 1. The molecule has 0 radical (unpaired) electrons. The highest BCUT2D eigenvalue weighted by Crippen LogP contribution is 2.27. The van der Waals surface area contributed by atoms with E-state index in [1.807, 2.05) is 36.4 Å². The van der Waals surface area contributed by atoms with Gasteiger partial charge in [-0.25, -0.2) is 0 Å². The number of furan rings is 1. The summed E-state index contributed by atoms with van der Waals surface area (Å²) in [5, 5.41) is 12.4. The molecule has 3 aromatic rings. The van der Waals surface area contributed by atoms with E-state index < -0.39 is 6.10 Å². The lowest BCUT2D eigenvalue weighted by molar-refractivity contribution is 0.219. The molecule has 0 spiro atoms. The number of aliphatic hydroxyl groups is 1. The first-order valence-corrected chi connectivity index (χ1v) is 6.06. The molecule has 3 rings (SSSR count). The van der Waals surface area contributed by atoms with Gasteiger partial charge in [-0.15, -0.1) is 0 Å². The molecule has 0 saturated heterocycles. The van der Waals surface area contributed by atoms with Crippen molar-refractivity contribution in [2.24, 2.45) is 0 Å². The van der Waals surface area contributed by atoms with Crippen LogP contribution < -0.4 is 4.74 Å². The number of rotatable bonds is 3. The van der Waals surface area contributed by atoms with Crippen LogP contribution in [0, 0.1) is 0 Å².